The van der Waals surface area contributed by atoms with Crippen LogP contribution in [0.4, 0.5) is 5.69 Å². The van der Waals surface area contributed by atoms with Gasteiger partial charge in [0.2, 0.25) is 0 Å². The van der Waals surface area contributed by atoms with E-state index in [2.05, 4.69) is 18.8 Å². The summed E-state index contributed by atoms with van der Waals surface area (Å²) in [6.07, 6.45) is 2.29. The first-order chi connectivity index (χ1) is 10.7. The summed E-state index contributed by atoms with van der Waals surface area (Å²) >= 11 is 6.02. The number of hydrogen-bond acceptors (Lipinski definition) is 3. The molecule has 3 rings (SSSR count). The Bertz CT molecular complexity index is 845. The molecular formula is C17H19ClN2O2S. The molecule has 1 aromatic carbocycles. The fraction of sp³-hybridized carbons (Fsp3) is 0.353. The van der Waals surface area contributed by atoms with E-state index in [0.29, 0.717) is 22.3 Å². The van der Waals surface area contributed by atoms with Crippen molar-refractivity contribution in [2.75, 3.05) is 10.8 Å². The van der Waals surface area contributed by atoms with E-state index in [9.17, 15) is 8.42 Å². The van der Waals surface area contributed by atoms with Gasteiger partial charge in [0.1, 0.15) is 5.15 Å². The van der Waals surface area contributed by atoms with Crippen molar-refractivity contribution in [1.29, 1.82) is 0 Å². The monoisotopic (exact) mass is 350 g/mol. The second-order valence-electron chi connectivity index (χ2n) is 6.55. The zero-order valence-electron chi connectivity index (χ0n) is 13.4. The topological polar surface area (TPSA) is 50.3 Å². The normalized spacial score (nSPS) is 17.0. The van der Waals surface area contributed by atoms with Gasteiger partial charge in [-0.25, -0.2) is 13.4 Å². The van der Waals surface area contributed by atoms with Crippen molar-refractivity contribution in [3.63, 3.8) is 0 Å². The van der Waals surface area contributed by atoms with Crippen LogP contribution < -0.4 is 4.31 Å². The molecule has 23 heavy (non-hydrogen) atoms. The smallest absolute Gasteiger partial charge is 0.264 e. The van der Waals surface area contributed by atoms with Crippen molar-refractivity contribution >= 4 is 27.3 Å². The number of fused-ring (bicyclic) bond motifs is 1. The number of sulfonamides is 1. The van der Waals surface area contributed by atoms with Crippen molar-refractivity contribution in [3.8, 4) is 0 Å². The average molecular weight is 351 g/mol. The Kier molecular flexibility index (Phi) is 3.89. The maximum atomic E-state index is 13.0. The Morgan fingerprint density at radius 2 is 1.87 bits per heavy atom. The van der Waals surface area contributed by atoms with E-state index in [1.807, 2.05) is 19.1 Å². The van der Waals surface area contributed by atoms with Crippen molar-refractivity contribution in [1.82, 2.24) is 4.98 Å². The van der Waals surface area contributed by atoms with Crippen molar-refractivity contribution in [2.24, 2.45) is 0 Å². The van der Waals surface area contributed by atoms with Gasteiger partial charge in [-0.15, -0.1) is 0 Å². The summed E-state index contributed by atoms with van der Waals surface area (Å²) in [7, 11) is -3.60. The number of anilines is 1. The highest BCUT2D eigenvalue weighted by Crippen LogP contribution is 2.42. The van der Waals surface area contributed by atoms with E-state index in [4.69, 9.17) is 11.6 Å². The maximum absolute atomic E-state index is 13.0. The van der Waals surface area contributed by atoms with Gasteiger partial charge in [-0.2, -0.15) is 0 Å². The van der Waals surface area contributed by atoms with Gasteiger partial charge in [-0.1, -0.05) is 43.1 Å². The molecule has 4 nitrogen and oxygen atoms in total. The molecule has 0 spiro atoms. The molecule has 0 unspecified atom stereocenters. The molecule has 1 aliphatic heterocycles. The summed E-state index contributed by atoms with van der Waals surface area (Å²) in [4.78, 5) is 4.38. The molecule has 0 atom stereocenters. The number of halogens is 1. The fourth-order valence-electron chi connectivity index (χ4n) is 2.89. The summed E-state index contributed by atoms with van der Waals surface area (Å²) in [5.74, 6) is 0. The molecule has 0 saturated heterocycles. The number of pyridine rings is 1. The summed E-state index contributed by atoms with van der Waals surface area (Å²) in [5.41, 5.74) is 2.42. The van der Waals surface area contributed by atoms with Crippen molar-refractivity contribution < 1.29 is 8.42 Å². The Labute approximate surface area is 142 Å². The SMILES string of the molecule is Cc1ccc(S(=O)(=O)N2CCC(C)(C)c3cc(Cl)ncc32)cc1. The summed E-state index contributed by atoms with van der Waals surface area (Å²) < 4.78 is 27.5. The molecule has 0 saturated carbocycles. The van der Waals surface area contributed by atoms with Crippen LogP contribution in [-0.4, -0.2) is 19.9 Å². The van der Waals surface area contributed by atoms with Crippen LogP contribution in [-0.2, 0) is 15.4 Å². The predicted octanol–water partition coefficient (Wildman–Crippen LogP) is 3.92. The molecule has 0 bridgehead atoms. The van der Waals surface area contributed by atoms with Crippen LogP contribution in [0.25, 0.3) is 0 Å². The van der Waals surface area contributed by atoms with Crippen LogP contribution in [0.5, 0.6) is 0 Å². The van der Waals surface area contributed by atoms with Gasteiger partial charge in [0.25, 0.3) is 10.0 Å². The number of nitrogens with zero attached hydrogens (tertiary/aromatic N) is 2. The molecule has 0 amide bonds. The second kappa shape index (κ2) is 5.49. The zero-order valence-corrected chi connectivity index (χ0v) is 14.9. The first-order valence-electron chi connectivity index (χ1n) is 7.47. The molecule has 2 aromatic rings. The largest absolute Gasteiger partial charge is 0.264 e. The fourth-order valence-corrected chi connectivity index (χ4v) is 4.52. The quantitative estimate of drug-likeness (QED) is 0.771. The third kappa shape index (κ3) is 2.83. The number of rotatable bonds is 2. The molecule has 0 aliphatic carbocycles. The lowest BCUT2D eigenvalue weighted by Gasteiger charge is -2.39. The first kappa shape index (κ1) is 16.3. The van der Waals surface area contributed by atoms with E-state index in [0.717, 1.165) is 17.5 Å². The molecule has 122 valence electrons. The lowest BCUT2D eigenvalue weighted by atomic mass is 9.79. The molecule has 0 fully saturated rings. The number of aromatic nitrogens is 1. The van der Waals surface area contributed by atoms with E-state index in [-0.39, 0.29) is 5.41 Å². The van der Waals surface area contributed by atoms with E-state index in [1.54, 1.807) is 24.4 Å². The minimum absolute atomic E-state index is 0.138. The molecule has 1 aromatic heterocycles. The van der Waals surface area contributed by atoms with Crippen LogP contribution >= 0.6 is 11.6 Å². The number of aryl methyl sites for hydroxylation is 1. The third-order valence-corrected chi connectivity index (χ3v) is 6.43. The molecule has 6 heteroatoms. The van der Waals surface area contributed by atoms with Gasteiger partial charge < -0.3 is 0 Å². The Hall–Kier alpha value is -1.59. The van der Waals surface area contributed by atoms with Gasteiger partial charge in [0, 0.05) is 6.54 Å². The van der Waals surface area contributed by atoms with Crippen molar-refractivity contribution in [3.05, 3.63) is 52.8 Å². The van der Waals surface area contributed by atoms with E-state index in [1.165, 1.54) is 4.31 Å². The Balaban J connectivity index is 2.13. The van der Waals surface area contributed by atoms with Gasteiger partial charge in [-0.3, -0.25) is 4.31 Å². The highest BCUT2D eigenvalue weighted by Gasteiger charge is 2.37. The van der Waals surface area contributed by atoms with Gasteiger partial charge in [0.05, 0.1) is 16.8 Å². The highest BCUT2D eigenvalue weighted by atomic mass is 35.5. The minimum atomic E-state index is -3.60. The molecular weight excluding hydrogens is 332 g/mol. The van der Waals surface area contributed by atoms with Crippen LogP contribution in [0.1, 0.15) is 31.4 Å². The van der Waals surface area contributed by atoms with E-state index < -0.39 is 10.0 Å². The predicted molar refractivity (Wildman–Crippen MR) is 92.6 cm³/mol. The molecule has 2 heterocycles. The van der Waals surface area contributed by atoms with Crippen molar-refractivity contribution in [2.45, 2.75) is 37.5 Å². The summed E-state index contributed by atoms with van der Waals surface area (Å²) in [5, 5.41) is 0.381. The lowest BCUT2D eigenvalue weighted by molar-refractivity contribution is 0.466. The van der Waals surface area contributed by atoms with Crippen LogP contribution in [0.2, 0.25) is 5.15 Å². The average Bonchev–Trinajstić information content (AvgIpc) is 2.48. The Morgan fingerprint density at radius 3 is 2.52 bits per heavy atom. The maximum Gasteiger partial charge on any atom is 0.264 e. The molecule has 1 aliphatic rings. The highest BCUT2D eigenvalue weighted by molar-refractivity contribution is 7.92. The standard InChI is InChI=1S/C17H19ClN2O2S/c1-12-4-6-13(7-5-12)23(21,22)20-9-8-17(2,3)14-10-16(18)19-11-15(14)20/h4-7,10-11H,8-9H2,1-3H3. The van der Waals surface area contributed by atoms with Gasteiger partial charge in [0.15, 0.2) is 0 Å². The lowest BCUT2D eigenvalue weighted by Crippen LogP contribution is -2.41. The Morgan fingerprint density at radius 1 is 1.22 bits per heavy atom. The van der Waals surface area contributed by atoms with Crippen LogP contribution in [0.15, 0.2) is 41.4 Å². The molecule has 0 N–H and O–H groups in total. The summed E-state index contributed by atoms with van der Waals surface area (Å²) in [6, 6.07) is 8.68. The number of benzene rings is 1. The third-order valence-electron chi connectivity index (χ3n) is 4.40. The van der Waals surface area contributed by atoms with Gasteiger partial charge >= 0.3 is 0 Å². The number of hydrogen-bond donors (Lipinski definition) is 0. The van der Waals surface area contributed by atoms with Gasteiger partial charge in [-0.05, 0) is 42.5 Å². The van der Waals surface area contributed by atoms with Crippen LogP contribution in [0.3, 0.4) is 0 Å². The zero-order chi connectivity index (χ0) is 16.8. The van der Waals surface area contributed by atoms with Crippen LogP contribution in [0, 0.1) is 6.92 Å². The summed E-state index contributed by atoms with van der Waals surface area (Å²) in [6.45, 7) is 6.55. The first-order valence-corrected chi connectivity index (χ1v) is 9.29. The van der Waals surface area contributed by atoms with E-state index >= 15 is 0 Å². The minimum Gasteiger partial charge on any atom is -0.264 e. The second-order valence-corrected chi connectivity index (χ2v) is 8.80. The molecule has 0 radical (unpaired) electrons.